The maximum atomic E-state index is 10.7. The predicted octanol–water partition coefficient (Wildman–Crippen LogP) is 2.00. The normalized spacial score (nSPS) is 15.0. The van der Waals surface area contributed by atoms with Gasteiger partial charge in [-0.2, -0.15) is 5.26 Å². The molecule has 0 aromatic heterocycles. The third kappa shape index (κ3) is 3.25. The van der Waals surface area contributed by atoms with Crippen molar-refractivity contribution in [1.29, 1.82) is 5.26 Å². The van der Waals surface area contributed by atoms with Crippen molar-refractivity contribution >= 4 is 11.4 Å². The zero-order chi connectivity index (χ0) is 14.5. The molecule has 1 aromatic rings. The number of likely N-dealkylation sites (tertiary alicyclic amines) is 1. The summed E-state index contributed by atoms with van der Waals surface area (Å²) in [5.41, 5.74) is 1.05. The van der Waals surface area contributed by atoms with Crippen molar-refractivity contribution in [3.05, 3.63) is 33.9 Å². The van der Waals surface area contributed by atoms with Gasteiger partial charge in [-0.25, -0.2) is 0 Å². The SMILES string of the molecule is CN(CCN1CCCC1)c1ccc([N+](=O)[O-])cc1C#N. The highest BCUT2D eigenvalue weighted by Gasteiger charge is 2.15. The van der Waals surface area contributed by atoms with Gasteiger partial charge in [0, 0.05) is 32.3 Å². The van der Waals surface area contributed by atoms with Gasteiger partial charge in [-0.05, 0) is 32.0 Å². The fourth-order valence-corrected chi connectivity index (χ4v) is 2.48. The number of anilines is 1. The van der Waals surface area contributed by atoms with Gasteiger partial charge in [-0.1, -0.05) is 0 Å². The van der Waals surface area contributed by atoms with E-state index >= 15 is 0 Å². The van der Waals surface area contributed by atoms with E-state index in [1.165, 1.54) is 25.0 Å². The molecule has 0 unspecified atom stereocenters. The highest BCUT2D eigenvalue weighted by Crippen LogP contribution is 2.24. The van der Waals surface area contributed by atoms with Crippen molar-refractivity contribution in [3.63, 3.8) is 0 Å². The fraction of sp³-hybridized carbons (Fsp3) is 0.500. The molecular weight excluding hydrogens is 256 g/mol. The zero-order valence-corrected chi connectivity index (χ0v) is 11.6. The molecule has 0 bridgehead atoms. The van der Waals surface area contributed by atoms with E-state index in [-0.39, 0.29) is 5.69 Å². The number of non-ortho nitro benzene ring substituents is 1. The van der Waals surface area contributed by atoms with Crippen LogP contribution in [0.5, 0.6) is 0 Å². The molecule has 0 radical (unpaired) electrons. The van der Waals surface area contributed by atoms with Crippen LogP contribution in [0.25, 0.3) is 0 Å². The van der Waals surface area contributed by atoms with Gasteiger partial charge in [-0.3, -0.25) is 10.1 Å². The van der Waals surface area contributed by atoms with Crippen molar-refractivity contribution < 1.29 is 4.92 Å². The summed E-state index contributed by atoms with van der Waals surface area (Å²) in [6.07, 6.45) is 2.51. The molecule has 0 atom stereocenters. The Bertz CT molecular complexity index is 532. The number of nitro benzene ring substituents is 1. The van der Waals surface area contributed by atoms with Crippen LogP contribution < -0.4 is 4.90 Å². The lowest BCUT2D eigenvalue weighted by Gasteiger charge is -2.23. The van der Waals surface area contributed by atoms with Crippen molar-refractivity contribution in [2.24, 2.45) is 0 Å². The first-order valence-corrected chi connectivity index (χ1v) is 6.74. The van der Waals surface area contributed by atoms with Gasteiger partial charge in [0.05, 0.1) is 16.2 Å². The van der Waals surface area contributed by atoms with Crippen LogP contribution in [0.3, 0.4) is 0 Å². The first-order chi connectivity index (χ1) is 9.61. The molecule has 0 aliphatic carbocycles. The Morgan fingerprint density at radius 3 is 2.75 bits per heavy atom. The van der Waals surface area contributed by atoms with E-state index in [1.54, 1.807) is 6.07 Å². The number of hydrogen-bond donors (Lipinski definition) is 0. The molecule has 6 nitrogen and oxygen atoms in total. The summed E-state index contributed by atoms with van der Waals surface area (Å²) in [7, 11) is 1.91. The van der Waals surface area contributed by atoms with Crippen LogP contribution >= 0.6 is 0 Å². The molecule has 1 aromatic carbocycles. The smallest absolute Gasteiger partial charge is 0.270 e. The van der Waals surface area contributed by atoms with Crippen molar-refractivity contribution in [3.8, 4) is 6.07 Å². The highest BCUT2D eigenvalue weighted by molar-refractivity contribution is 5.62. The third-order valence-electron chi connectivity index (χ3n) is 3.67. The molecule has 0 N–H and O–H groups in total. The van der Waals surface area contributed by atoms with Crippen LogP contribution in [0, 0.1) is 21.4 Å². The molecule has 0 spiro atoms. The quantitative estimate of drug-likeness (QED) is 0.606. The maximum Gasteiger partial charge on any atom is 0.270 e. The highest BCUT2D eigenvalue weighted by atomic mass is 16.6. The number of nitriles is 1. The Labute approximate surface area is 118 Å². The molecule has 1 aliphatic heterocycles. The summed E-state index contributed by atoms with van der Waals surface area (Å²) in [6.45, 7) is 4.04. The van der Waals surface area contributed by atoms with E-state index in [2.05, 4.69) is 4.90 Å². The Morgan fingerprint density at radius 1 is 1.45 bits per heavy atom. The van der Waals surface area contributed by atoms with Crippen molar-refractivity contribution in [2.45, 2.75) is 12.8 Å². The fourth-order valence-electron chi connectivity index (χ4n) is 2.48. The van der Waals surface area contributed by atoms with E-state index in [9.17, 15) is 10.1 Å². The molecule has 0 amide bonds. The first kappa shape index (κ1) is 14.3. The van der Waals surface area contributed by atoms with E-state index in [0.717, 1.165) is 31.9 Å². The maximum absolute atomic E-state index is 10.7. The minimum atomic E-state index is -0.477. The summed E-state index contributed by atoms with van der Waals surface area (Å²) in [5, 5.41) is 19.9. The molecule has 2 rings (SSSR count). The lowest BCUT2D eigenvalue weighted by atomic mass is 10.1. The van der Waals surface area contributed by atoms with Crippen LogP contribution in [-0.2, 0) is 0 Å². The average Bonchev–Trinajstić information content (AvgIpc) is 2.97. The van der Waals surface area contributed by atoms with Crippen LogP contribution in [0.15, 0.2) is 18.2 Å². The molecule has 1 fully saturated rings. The van der Waals surface area contributed by atoms with Gasteiger partial charge in [0.1, 0.15) is 6.07 Å². The Balaban J connectivity index is 2.06. The second-order valence-corrected chi connectivity index (χ2v) is 5.04. The van der Waals surface area contributed by atoms with Crippen molar-refractivity contribution in [2.75, 3.05) is 38.1 Å². The van der Waals surface area contributed by atoms with Gasteiger partial charge in [0.2, 0.25) is 0 Å². The third-order valence-corrected chi connectivity index (χ3v) is 3.67. The monoisotopic (exact) mass is 274 g/mol. The molecular formula is C14H18N4O2. The molecule has 1 aliphatic rings. The van der Waals surface area contributed by atoms with Crippen LogP contribution in [-0.4, -0.2) is 43.0 Å². The standard InChI is InChI=1S/C14H18N4O2/c1-16(8-9-17-6-2-3-7-17)14-5-4-13(18(19)20)10-12(14)11-15/h4-5,10H,2-3,6-9H2,1H3. The Hall–Kier alpha value is -2.13. The topological polar surface area (TPSA) is 73.4 Å². The Morgan fingerprint density at radius 2 is 2.15 bits per heavy atom. The Kier molecular flexibility index (Phi) is 4.53. The zero-order valence-electron chi connectivity index (χ0n) is 11.6. The number of nitro groups is 1. The molecule has 106 valence electrons. The van der Waals surface area contributed by atoms with Gasteiger partial charge in [-0.15, -0.1) is 0 Å². The minimum absolute atomic E-state index is 0.0433. The number of benzene rings is 1. The van der Waals surface area contributed by atoms with Crippen LogP contribution in [0.2, 0.25) is 0 Å². The van der Waals surface area contributed by atoms with E-state index in [1.807, 2.05) is 18.0 Å². The van der Waals surface area contributed by atoms with Crippen LogP contribution in [0.4, 0.5) is 11.4 Å². The van der Waals surface area contributed by atoms with Gasteiger partial charge >= 0.3 is 0 Å². The van der Waals surface area contributed by atoms with Gasteiger partial charge in [0.25, 0.3) is 5.69 Å². The molecule has 1 heterocycles. The molecule has 1 saturated heterocycles. The molecule has 0 saturated carbocycles. The average molecular weight is 274 g/mol. The second-order valence-electron chi connectivity index (χ2n) is 5.04. The number of nitrogens with zero attached hydrogens (tertiary/aromatic N) is 4. The number of likely N-dealkylation sites (N-methyl/N-ethyl adjacent to an activating group) is 1. The van der Waals surface area contributed by atoms with Crippen LogP contribution in [0.1, 0.15) is 18.4 Å². The first-order valence-electron chi connectivity index (χ1n) is 6.74. The van der Waals surface area contributed by atoms with Crippen molar-refractivity contribution in [1.82, 2.24) is 4.90 Å². The molecule has 20 heavy (non-hydrogen) atoms. The predicted molar refractivity (Wildman–Crippen MR) is 76.8 cm³/mol. The summed E-state index contributed by atoms with van der Waals surface area (Å²) in [4.78, 5) is 14.6. The van der Waals surface area contributed by atoms with Gasteiger partial charge < -0.3 is 9.80 Å². The number of rotatable bonds is 5. The number of hydrogen-bond acceptors (Lipinski definition) is 5. The largest absolute Gasteiger partial charge is 0.372 e. The summed E-state index contributed by atoms with van der Waals surface area (Å²) in [5.74, 6) is 0. The van der Waals surface area contributed by atoms with E-state index in [4.69, 9.17) is 5.26 Å². The second kappa shape index (κ2) is 6.35. The summed E-state index contributed by atoms with van der Waals surface area (Å²) >= 11 is 0. The van der Waals surface area contributed by atoms with E-state index < -0.39 is 4.92 Å². The summed E-state index contributed by atoms with van der Waals surface area (Å²) in [6, 6.07) is 6.48. The lowest BCUT2D eigenvalue weighted by Crippen LogP contribution is -2.31. The lowest BCUT2D eigenvalue weighted by molar-refractivity contribution is -0.384. The summed E-state index contributed by atoms with van der Waals surface area (Å²) < 4.78 is 0. The molecule has 6 heteroatoms. The minimum Gasteiger partial charge on any atom is -0.372 e. The van der Waals surface area contributed by atoms with Gasteiger partial charge in [0.15, 0.2) is 0 Å². The van der Waals surface area contributed by atoms with E-state index in [0.29, 0.717) is 5.56 Å².